The van der Waals surface area contributed by atoms with Gasteiger partial charge < -0.3 is 4.42 Å². The summed E-state index contributed by atoms with van der Waals surface area (Å²) in [6, 6.07) is 14.4. The molecule has 6 nitrogen and oxygen atoms in total. The summed E-state index contributed by atoms with van der Waals surface area (Å²) >= 11 is 0. The lowest BCUT2D eigenvalue weighted by Crippen LogP contribution is -2.41. The van der Waals surface area contributed by atoms with Gasteiger partial charge in [0.2, 0.25) is 0 Å². The Balaban J connectivity index is 1.59. The zero-order chi connectivity index (χ0) is 16.9. The van der Waals surface area contributed by atoms with E-state index in [9.17, 15) is 9.59 Å². The Labute approximate surface area is 138 Å². The van der Waals surface area contributed by atoms with E-state index in [1.165, 1.54) is 12.2 Å². The number of carbonyl (C=O) groups is 2. The summed E-state index contributed by atoms with van der Waals surface area (Å²) in [5.74, 6) is 0.352. The van der Waals surface area contributed by atoms with Crippen molar-refractivity contribution >= 4 is 28.8 Å². The minimum Gasteiger partial charge on any atom is -0.462 e. The number of para-hydroxylation sites is 1. The highest BCUT2D eigenvalue weighted by molar-refractivity contribution is 5.98. The second-order valence-corrected chi connectivity index (χ2v) is 5.11. The van der Waals surface area contributed by atoms with Crippen LogP contribution in [0.4, 0.5) is 0 Å². The molecule has 2 heterocycles. The van der Waals surface area contributed by atoms with Crippen molar-refractivity contribution in [3.8, 4) is 0 Å². The summed E-state index contributed by atoms with van der Waals surface area (Å²) in [7, 11) is 0. The molecular weight excluding hydrogens is 306 g/mol. The van der Waals surface area contributed by atoms with Gasteiger partial charge in [0.05, 0.1) is 5.52 Å². The molecule has 120 valence electrons. The number of hydrogen-bond donors (Lipinski definition) is 2. The number of rotatable bonds is 3. The van der Waals surface area contributed by atoms with Crippen molar-refractivity contribution in [2.24, 2.45) is 0 Å². The Morgan fingerprint density at radius 3 is 2.67 bits per heavy atom. The Morgan fingerprint density at radius 1 is 1.04 bits per heavy atom. The topological polar surface area (TPSA) is 84.2 Å². The first-order chi connectivity index (χ1) is 11.6. The Morgan fingerprint density at radius 2 is 1.88 bits per heavy atom. The Kier molecular flexibility index (Phi) is 4.38. The standard InChI is InChI=1S/C18H15N3O3/c1-12-6-8-14(24-12)9-11-17(22)20-21-18(23)16-10-7-13-4-2-3-5-15(13)19-16/h2-11H,1H3,(H,20,22)(H,21,23)/b11-9+. The highest BCUT2D eigenvalue weighted by Gasteiger charge is 2.08. The summed E-state index contributed by atoms with van der Waals surface area (Å²) < 4.78 is 5.31. The molecule has 0 aliphatic heterocycles. The fourth-order valence-electron chi connectivity index (χ4n) is 2.12. The molecule has 6 heteroatoms. The molecule has 2 N–H and O–H groups in total. The van der Waals surface area contributed by atoms with Gasteiger partial charge in [0, 0.05) is 11.5 Å². The average molecular weight is 321 g/mol. The molecule has 1 aromatic carbocycles. The number of furan rings is 1. The van der Waals surface area contributed by atoms with E-state index >= 15 is 0 Å². The average Bonchev–Trinajstić information content (AvgIpc) is 3.02. The number of hydrogen-bond acceptors (Lipinski definition) is 4. The van der Waals surface area contributed by atoms with Gasteiger partial charge in [-0.15, -0.1) is 0 Å². The van der Waals surface area contributed by atoms with Crippen LogP contribution in [0, 0.1) is 6.92 Å². The number of aryl methyl sites for hydroxylation is 1. The molecule has 0 aliphatic rings. The van der Waals surface area contributed by atoms with Crippen molar-refractivity contribution < 1.29 is 14.0 Å². The van der Waals surface area contributed by atoms with E-state index in [1.54, 1.807) is 24.3 Å². The van der Waals surface area contributed by atoms with E-state index in [1.807, 2.05) is 31.2 Å². The molecule has 0 bridgehead atoms. The maximum absolute atomic E-state index is 12.0. The number of aromatic nitrogens is 1. The van der Waals surface area contributed by atoms with Crippen LogP contribution in [0.25, 0.3) is 17.0 Å². The van der Waals surface area contributed by atoms with Gasteiger partial charge >= 0.3 is 0 Å². The third kappa shape index (κ3) is 3.67. The maximum atomic E-state index is 12.0. The van der Waals surface area contributed by atoms with Gasteiger partial charge in [-0.1, -0.05) is 24.3 Å². The second-order valence-electron chi connectivity index (χ2n) is 5.11. The molecule has 3 aromatic rings. The van der Waals surface area contributed by atoms with Crippen LogP contribution in [0.1, 0.15) is 22.0 Å². The summed E-state index contributed by atoms with van der Waals surface area (Å²) in [5, 5.41) is 0.940. The van der Waals surface area contributed by atoms with Crippen LogP contribution in [0.3, 0.4) is 0 Å². The molecule has 24 heavy (non-hydrogen) atoms. The third-order valence-electron chi connectivity index (χ3n) is 3.29. The molecule has 3 rings (SSSR count). The highest BCUT2D eigenvalue weighted by atomic mass is 16.3. The first kappa shape index (κ1) is 15.5. The third-order valence-corrected chi connectivity index (χ3v) is 3.29. The van der Waals surface area contributed by atoms with Crippen molar-refractivity contribution in [3.63, 3.8) is 0 Å². The van der Waals surface area contributed by atoms with Gasteiger partial charge in [0.1, 0.15) is 17.2 Å². The quantitative estimate of drug-likeness (QED) is 0.574. The lowest BCUT2D eigenvalue weighted by Gasteiger charge is -2.05. The van der Waals surface area contributed by atoms with E-state index < -0.39 is 11.8 Å². The molecule has 0 unspecified atom stereocenters. The second kappa shape index (κ2) is 6.78. The molecule has 0 saturated carbocycles. The molecule has 0 fully saturated rings. The van der Waals surface area contributed by atoms with Crippen molar-refractivity contribution in [3.05, 3.63) is 71.8 Å². The number of amides is 2. The monoisotopic (exact) mass is 321 g/mol. The Hall–Kier alpha value is -3.41. The lowest BCUT2D eigenvalue weighted by molar-refractivity contribution is -0.117. The fourth-order valence-corrected chi connectivity index (χ4v) is 2.12. The van der Waals surface area contributed by atoms with Crippen LogP contribution in [-0.4, -0.2) is 16.8 Å². The van der Waals surface area contributed by atoms with E-state index in [4.69, 9.17) is 4.42 Å². The molecular formula is C18H15N3O3. The number of benzene rings is 1. The molecule has 0 radical (unpaired) electrons. The van der Waals surface area contributed by atoms with Crippen LogP contribution in [0.15, 0.2) is 59.0 Å². The summed E-state index contributed by atoms with van der Waals surface area (Å²) in [6.07, 6.45) is 2.79. The van der Waals surface area contributed by atoms with Gasteiger partial charge in [-0.2, -0.15) is 0 Å². The molecule has 0 aliphatic carbocycles. The SMILES string of the molecule is Cc1ccc(/C=C/C(=O)NNC(=O)c2ccc3ccccc3n2)o1. The molecule has 2 amide bonds. The first-order valence-electron chi connectivity index (χ1n) is 7.32. The van der Waals surface area contributed by atoms with Crippen molar-refractivity contribution in [2.75, 3.05) is 0 Å². The molecule has 0 atom stereocenters. The maximum Gasteiger partial charge on any atom is 0.288 e. The van der Waals surface area contributed by atoms with Gasteiger partial charge in [-0.05, 0) is 37.3 Å². The van der Waals surface area contributed by atoms with Gasteiger partial charge in [-0.3, -0.25) is 20.4 Å². The zero-order valence-corrected chi connectivity index (χ0v) is 12.9. The minimum absolute atomic E-state index is 0.222. The Bertz CT molecular complexity index is 928. The van der Waals surface area contributed by atoms with Crippen LogP contribution in [0.5, 0.6) is 0 Å². The molecule has 0 spiro atoms. The number of pyridine rings is 1. The zero-order valence-electron chi connectivity index (χ0n) is 12.9. The predicted octanol–water partition coefficient (Wildman–Crippen LogP) is 2.61. The summed E-state index contributed by atoms with van der Waals surface area (Å²) in [6.45, 7) is 1.81. The number of carbonyl (C=O) groups excluding carboxylic acids is 2. The van der Waals surface area contributed by atoms with E-state index in [0.717, 1.165) is 11.1 Å². The van der Waals surface area contributed by atoms with E-state index in [-0.39, 0.29) is 5.69 Å². The van der Waals surface area contributed by atoms with E-state index in [2.05, 4.69) is 15.8 Å². The summed E-state index contributed by atoms with van der Waals surface area (Å²) in [5.41, 5.74) is 5.56. The summed E-state index contributed by atoms with van der Waals surface area (Å²) in [4.78, 5) is 28.0. The van der Waals surface area contributed by atoms with Crippen molar-refractivity contribution in [2.45, 2.75) is 6.92 Å². The minimum atomic E-state index is -0.489. The number of nitrogens with one attached hydrogen (secondary N) is 2. The predicted molar refractivity (Wildman–Crippen MR) is 89.8 cm³/mol. The van der Waals surface area contributed by atoms with Crippen molar-refractivity contribution in [1.82, 2.24) is 15.8 Å². The number of hydrazine groups is 1. The number of nitrogens with zero attached hydrogens (tertiary/aromatic N) is 1. The lowest BCUT2D eigenvalue weighted by atomic mass is 10.2. The van der Waals surface area contributed by atoms with Gasteiger partial charge in [0.15, 0.2) is 0 Å². The number of fused-ring (bicyclic) bond motifs is 1. The fraction of sp³-hybridized carbons (Fsp3) is 0.0556. The first-order valence-corrected chi connectivity index (χ1v) is 7.32. The normalized spacial score (nSPS) is 10.9. The molecule has 0 saturated heterocycles. The van der Waals surface area contributed by atoms with Crippen LogP contribution in [-0.2, 0) is 4.79 Å². The van der Waals surface area contributed by atoms with Gasteiger partial charge in [-0.25, -0.2) is 4.98 Å². The largest absolute Gasteiger partial charge is 0.462 e. The van der Waals surface area contributed by atoms with Crippen LogP contribution in [0.2, 0.25) is 0 Å². The van der Waals surface area contributed by atoms with Crippen molar-refractivity contribution in [1.29, 1.82) is 0 Å². The van der Waals surface area contributed by atoms with E-state index in [0.29, 0.717) is 11.3 Å². The molecule has 2 aromatic heterocycles. The smallest absolute Gasteiger partial charge is 0.288 e. The highest BCUT2D eigenvalue weighted by Crippen LogP contribution is 2.11. The van der Waals surface area contributed by atoms with Crippen LogP contribution >= 0.6 is 0 Å². The van der Waals surface area contributed by atoms with Gasteiger partial charge in [0.25, 0.3) is 11.8 Å². The van der Waals surface area contributed by atoms with Crippen LogP contribution < -0.4 is 10.9 Å².